The van der Waals surface area contributed by atoms with Gasteiger partial charge in [0, 0.05) is 32.8 Å². The van der Waals surface area contributed by atoms with E-state index in [-0.39, 0.29) is 5.91 Å². The average molecular weight is 256 g/mol. The van der Waals surface area contributed by atoms with Crippen LogP contribution < -0.4 is 5.32 Å². The average Bonchev–Trinajstić information content (AvgIpc) is 3.21. The van der Waals surface area contributed by atoms with Crippen molar-refractivity contribution in [2.75, 3.05) is 26.7 Å². The number of nitrogens with zero attached hydrogens (tertiary/aromatic N) is 1. The molecule has 1 amide bonds. The minimum atomic E-state index is -0.468. The third-order valence-electron chi connectivity index (χ3n) is 3.80. The summed E-state index contributed by atoms with van der Waals surface area (Å²) < 4.78 is 5.38. The number of amides is 1. The van der Waals surface area contributed by atoms with Crippen LogP contribution in [0.15, 0.2) is 0 Å². The van der Waals surface area contributed by atoms with E-state index in [4.69, 9.17) is 4.74 Å². The smallest absolute Gasteiger partial charge is 0.255 e. The zero-order valence-corrected chi connectivity index (χ0v) is 12.5. The maximum absolute atomic E-state index is 12.4. The molecule has 1 atom stereocenters. The maximum atomic E-state index is 12.4. The van der Waals surface area contributed by atoms with Crippen LogP contribution in [0.2, 0.25) is 0 Å². The highest BCUT2D eigenvalue weighted by molar-refractivity contribution is 5.88. The highest BCUT2D eigenvalue weighted by atomic mass is 16.5. The molecule has 4 nitrogen and oxygen atoms in total. The van der Waals surface area contributed by atoms with Gasteiger partial charge in [0.15, 0.2) is 0 Å². The number of ether oxygens (including phenoxy) is 1. The summed E-state index contributed by atoms with van der Waals surface area (Å²) in [6.45, 7) is 11.0. The lowest BCUT2D eigenvalue weighted by molar-refractivity contribution is -0.149. The SMILES string of the molecule is CC.COC1(C(=O)N2CCNCC2C(C)C)CC1. The van der Waals surface area contributed by atoms with E-state index in [1.165, 1.54) is 0 Å². The lowest BCUT2D eigenvalue weighted by Gasteiger charge is -2.40. The van der Waals surface area contributed by atoms with E-state index >= 15 is 0 Å². The van der Waals surface area contributed by atoms with Gasteiger partial charge >= 0.3 is 0 Å². The van der Waals surface area contributed by atoms with Crippen LogP contribution in [0.1, 0.15) is 40.5 Å². The molecule has 0 bridgehead atoms. The molecule has 1 saturated carbocycles. The van der Waals surface area contributed by atoms with Gasteiger partial charge in [0.1, 0.15) is 5.60 Å². The molecule has 0 spiro atoms. The molecule has 2 fully saturated rings. The van der Waals surface area contributed by atoms with Crippen LogP contribution in [0.25, 0.3) is 0 Å². The number of hydrogen-bond donors (Lipinski definition) is 1. The zero-order valence-electron chi connectivity index (χ0n) is 12.5. The van der Waals surface area contributed by atoms with Crippen molar-refractivity contribution in [3.63, 3.8) is 0 Å². The third-order valence-corrected chi connectivity index (χ3v) is 3.80. The highest BCUT2D eigenvalue weighted by Gasteiger charge is 2.53. The molecule has 0 aromatic rings. The van der Waals surface area contributed by atoms with Crippen molar-refractivity contribution in [2.45, 2.75) is 52.2 Å². The van der Waals surface area contributed by atoms with E-state index in [1.54, 1.807) is 7.11 Å². The number of methoxy groups -OCH3 is 1. The van der Waals surface area contributed by atoms with Crippen molar-refractivity contribution < 1.29 is 9.53 Å². The second-order valence-electron chi connectivity index (χ2n) is 5.21. The van der Waals surface area contributed by atoms with E-state index in [0.717, 1.165) is 32.5 Å². The molecule has 1 aliphatic heterocycles. The fourth-order valence-electron chi connectivity index (χ4n) is 2.45. The van der Waals surface area contributed by atoms with Gasteiger partial charge in [-0.2, -0.15) is 0 Å². The number of rotatable bonds is 3. The van der Waals surface area contributed by atoms with E-state index in [1.807, 2.05) is 18.7 Å². The molecule has 1 N–H and O–H groups in total. The Kier molecular flexibility index (Phi) is 5.60. The van der Waals surface area contributed by atoms with E-state index in [9.17, 15) is 4.79 Å². The highest BCUT2D eigenvalue weighted by Crippen LogP contribution is 2.41. The van der Waals surface area contributed by atoms with Gasteiger partial charge in [-0.25, -0.2) is 0 Å². The number of hydrogen-bond acceptors (Lipinski definition) is 3. The monoisotopic (exact) mass is 256 g/mol. The summed E-state index contributed by atoms with van der Waals surface area (Å²) in [6, 6.07) is 0.314. The summed E-state index contributed by atoms with van der Waals surface area (Å²) in [6.07, 6.45) is 1.77. The van der Waals surface area contributed by atoms with E-state index < -0.39 is 5.60 Å². The van der Waals surface area contributed by atoms with Gasteiger partial charge in [0.05, 0.1) is 0 Å². The van der Waals surface area contributed by atoms with Crippen LogP contribution in [-0.4, -0.2) is 49.2 Å². The molecule has 0 aromatic heterocycles. The van der Waals surface area contributed by atoms with Crippen LogP contribution in [0.4, 0.5) is 0 Å². The Labute approximate surface area is 111 Å². The molecule has 1 unspecified atom stereocenters. The second kappa shape index (κ2) is 6.53. The molecule has 0 aromatic carbocycles. The summed E-state index contributed by atoms with van der Waals surface area (Å²) >= 11 is 0. The summed E-state index contributed by atoms with van der Waals surface area (Å²) in [7, 11) is 1.65. The molecule has 18 heavy (non-hydrogen) atoms. The summed E-state index contributed by atoms with van der Waals surface area (Å²) in [5, 5.41) is 3.36. The molecule has 1 heterocycles. The fourth-order valence-corrected chi connectivity index (χ4v) is 2.45. The Bertz CT molecular complexity index is 275. The normalized spacial score (nSPS) is 25.4. The Hall–Kier alpha value is -0.610. The molecule has 4 heteroatoms. The molecular formula is C14H28N2O2. The maximum Gasteiger partial charge on any atom is 0.255 e. The topological polar surface area (TPSA) is 41.6 Å². The number of nitrogens with one attached hydrogen (secondary N) is 1. The number of piperazine rings is 1. The lowest BCUT2D eigenvalue weighted by Crippen LogP contribution is -2.58. The third kappa shape index (κ3) is 3.04. The van der Waals surface area contributed by atoms with Crippen LogP contribution in [0, 0.1) is 5.92 Å². The van der Waals surface area contributed by atoms with Crippen molar-refractivity contribution in [1.82, 2.24) is 10.2 Å². The van der Waals surface area contributed by atoms with Gasteiger partial charge in [-0.15, -0.1) is 0 Å². The van der Waals surface area contributed by atoms with Gasteiger partial charge in [0.2, 0.25) is 0 Å². The molecular weight excluding hydrogens is 228 g/mol. The van der Waals surface area contributed by atoms with Crippen molar-refractivity contribution in [3.05, 3.63) is 0 Å². The Balaban J connectivity index is 0.000000771. The lowest BCUT2D eigenvalue weighted by atomic mass is 9.99. The van der Waals surface area contributed by atoms with Crippen molar-refractivity contribution in [1.29, 1.82) is 0 Å². The fraction of sp³-hybridized carbons (Fsp3) is 0.929. The second-order valence-corrected chi connectivity index (χ2v) is 5.21. The Morgan fingerprint density at radius 3 is 2.44 bits per heavy atom. The largest absolute Gasteiger partial charge is 0.368 e. The first-order chi connectivity index (χ1) is 8.60. The summed E-state index contributed by atoms with van der Waals surface area (Å²) in [5.74, 6) is 0.694. The molecule has 2 rings (SSSR count). The first-order valence-electron chi connectivity index (χ1n) is 7.18. The van der Waals surface area contributed by atoms with Crippen LogP contribution in [-0.2, 0) is 9.53 Å². The minimum Gasteiger partial charge on any atom is -0.368 e. The van der Waals surface area contributed by atoms with Crippen LogP contribution in [0.5, 0.6) is 0 Å². The van der Waals surface area contributed by atoms with Crippen molar-refractivity contribution >= 4 is 5.91 Å². The number of carbonyl (C=O) groups is 1. The molecule has 106 valence electrons. The summed E-state index contributed by atoms with van der Waals surface area (Å²) in [5.41, 5.74) is -0.468. The predicted molar refractivity (Wildman–Crippen MR) is 73.5 cm³/mol. The van der Waals surface area contributed by atoms with Gasteiger partial charge in [-0.1, -0.05) is 27.7 Å². The molecule has 1 saturated heterocycles. The van der Waals surface area contributed by atoms with Gasteiger partial charge in [-0.3, -0.25) is 4.79 Å². The summed E-state index contributed by atoms with van der Waals surface area (Å²) in [4.78, 5) is 14.4. The van der Waals surface area contributed by atoms with Crippen molar-refractivity contribution in [3.8, 4) is 0 Å². The van der Waals surface area contributed by atoms with Crippen LogP contribution >= 0.6 is 0 Å². The van der Waals surface area contributed by atoms with E-state index in [2.05, 4.69) is 19.2 Å². The molecule has 1 aliphatic carbocycles. The minimum absolute atomic E-state index is 0.204. The van der Waals surface area contributed by atoms with Crippen molar-refractivity contribution in [2.24, 2.45) is 5.92 Å². The Morgan fingerprint density at radius 2 is 2.00 bits per heavy atom. The zero-order chi connectivity index (χ0) is 13.8. The van der Waals surface area contributed by atoms with Gasteiger partial charge in [0.25, 0.3) is 5.91 Å². The van der Waals surface area contributed by atoms with Crippen LogP contribution in [0.3, 0.4) is 0 Å². The standard InChI is InChI=1S/C12H22N2O2.C2H6/c1-9(2)10-8-13-6-7-14(10)11(15)12(16-3)4-5-12;1-2/h9-10,13H,4-8H2,1-3H3;1-2H3. The number of carbonyl (C=O) groups excluding carboxylic acids is 1. The van der Waals surface area contributed by atoms with Gasteiger partial charge in [-0.05, 0) is 18.8 Å². The van der Waals surface area contributed by atoms with E-state index in [0.29, 0.717) is 12.0 Å². The first kappa shape index (κ1) is 15.4. The molecule has 0 radical (unpaired) electrons. The van der Waals surface area contributed by atoms with Gasteiger partial charge < -0.3 is 15.0 Å². The quantitative estimate of drug-likeness (QED) is 0.835. The Morgan fingerprint density at radius 1 is 1.39 bits per heavy atom. The molecule has 2 aliphatic rings. The predicted octanol–water partition coefficient (Wildman–Crippen LogP) is 1.65. The first-order valence-corrected chi connectivity index (χ1v) is 7.18.